The zero-order valence-electron chi connectivity index (χ0n) is 37.9. The number of aromatic hydroxyl groups is 1. The van der Waals surface area contributed by atoms with Crippen molar-refractivity contribution in [1.82, 2.24) is 14.7 Å². The molecule has 2 fully saturated rings. The molecule has 0 aromatic heterocycles. The summed E-state index contributed by atoms with van der Waals surface area (Å²) in [6, 6.07) is 9.87. The second-order valence-corrected chi connectivity index (χ2v) is 16.6. The first-order valence-corrected chi connectivity index (χ1v) is 21.8. The van der Waals surface area contributed by atoms with E-state index in [1.807, 2.05) is 56.0 Å². The number of phenols is 1. The zero-order chi connectivity index (χ0) is 42.1. The Labute approximate surface area is 343 Å². The summed E-state index contributed by atoms with van der Waals surface area (Å²) in [6.45, 7) is 33.1. The number of nitrogens with zero attached hydrogens (tertiary/aromatic N) is 3. The van der Waals surface area contributed by atoms with E-state index in [1.165, 1.54) is 61.9 Å². The molecule has 2 heterocycles. The number of anilines is 1. The Hall–Kier alpha value is -3.52. The average molecular weight is 779 g/mol. The maximum atomic E-state index is 12.8. The maximum Gasteiger partial charge on any atom is 0.260 e. The molecule has 2 aromatic rings. The molecule has 2 aromatic carbocycles. The summed E-state index contributed by atoms with van der Waals surface area (Å²) in [6.07, 6.45) is 14.2. The van der Waals surface area contributed by atoms with E-state index in [1.54, 1.807) is 0 Å². The molecule has 318 valence electrons. The Kier molecular flexibility index (Phi) is 25.2. The first-order valence-electron chi connectivity index (χ1n) is 21.8. The van der Waals surface area contributed by atoms with Crippen LogP contribution in [0.1, 0.15) is 141 Å². The lowest BCUT2D eigenvalue weighted by molar-refractivity contribution is -0.136. The van der Waals surface area contributed by atoms with Gasteiger partial charge in [-0.2, -0.15) is 0 Å². The number of ether oxygens (including phenoxy) is 1. The van der Waals surface area contributed by atoms with Crippen LogP contribution in [0.15, 0.2) is 42.3 Å². The fraction of sp³-hybridized carbons (Fsp3) is 0.667. The molecule has 2 aliphatic heterocycles. The van der Waals surface area contributed by atoms with Gasteiger partial charge in [0.05, 0.1) is 0 Å². The van der Waals surface area contributed by atoms with Crippen molar-refractivity contribution >= 4 is 18.0 Å². The van der Waals surface area contributed by atoms with Gasteiger partial charge in [-0.25, -0.2) is 0 Å². The summed E-state index contributed by atoms with van der Waals surface area (Å²) in [5.74, 6) is 2.26. The van der Waals surface area contributed by atoms with Gasteiger partial charge in [0.2, 0.25) is 6.41 Å². The van der Waals surface area contributed by atoms with Crippen LogP contribution < -0.4 is 5.32 Å². The fourth-order valence-electron chi connectivity index (χ4n) is 6.92. The summed E-state index contributed by atoms with van der Waals surface area (Å²) < 4.78 is 6.04. The van der Waals surface area contributed by atoms with Crippen LogP contribution in [0.25, 0.3) is 0 Å². The number of hydrogen-bond acceptors (Lipinski definition) is 6. The predicted octanol–water partition coefficient (Wildman–Crippen LogP) is 11.0. The van der Waals surface area contributed by atoms with Crippen LogP contribution in [0.5, 0.6) is 5.75 Å². The van der Waals surface area contributed by atoms with Gasteiger partial charge in [0.1, 0.15) is 5.75 Å². The summed E-state index contributed by atoms with van der Waals surface area (Å²) in [4.78, 5) is 29.9. The van der Waals surface area contributed by atoms with Gasteiger partial charge in [-0.05, 0) is 137 Å². The van der Waals surface area contributed by atoms with E-state index >= 15 is 0 Å². The van der Waals surface area contributed by atoms with Crippen molar-refractivity contribution in [2.45, 2.75) is 147 Å². The summed E-state index contributed by atoms with van der Waals surface area (Å²) >= 11 is 0. The van der Waals surface area contributed by atoms with Crippen LogP contribution in [0.3, 0.4) is 0 Å². The molecule has 2 amide bonds. The Morgan fingerprint density at radius 3 is 2.14 bits per heavy atom. The van der Waals surface area contributed by atoms with E-state index in [-0.39, 0.29) is 12.5 Å². The van der Waals surface area contributed by atoms with Crippen molar-refractivity contribution in [3.63, 3.8) is 0 Å². The van der Waals surface area contributed by atoms with E-state index in [9.17, 15) is 14.7 Å². The highest BCUT2D eigenvalue weighted by Crippen LogP contribution is 2.29. The number of benzene rings is 2. The third-order valence-electron chi connectivity index (χ3n) is 10.9. The molecule has 0 unspecified atom stereocenters. The lowest BCUT2D eigenvalue weighted by Crippen LogP contribution is -2.38. The van der Waals surface area contributed by atoms with Crippen molar-refractivity contribution in [3.8, 4) is 5.75 Å². The van der Waals surface area contributed by atoms with Gasteiger partial charge >= 0.3 is 0 Å². The number of carbonyl (C=O) groups excluding carboxylic acids is 2. The SMILES string of the molecule is CC/C=C(/OCC(=O)N(CCC)CCCN1CCC(C)(C)C1)N1CCC(C)CC1.CCCC.CCCc1ccccc1NC=O.Cc1cc(C)c(O)c(C)c1C. The number of para-hydroxylation sites is 1. The van der Waals surface area contributed by atoms with Gasteiger partial charge in [-0.15, -0.1) is 0 Å². The Morgan fingerprint density at radius 2 is 1.59 bits per heavy atom. The molecule has 2 N–H and O–H groups in total. The van der Waals surface area contributed by atoms with Crippen LogP contribution in [-0.4, -0.2) is 84.5 Å². The van der Waals surface area contributed by atoms with Crippen molar-refractivity contribution < 1.29 is 19.4 Å². The van der Waals surface area contributed by atoms with E-state index in [4.69, 9.17) is 4.74 Å². The lowest BCUT2D eigenvalue weighted by atomic mass is 9.93. The number of unbranched alkanes of at least 4 members (excludes halogenated alkanes) is 1. The predicted molar refractivity (Wildman–Crippen MR) is 238 cm³/mol. The molecule has 0 aliphatic carbocycles. The third kappa shape index (κ3) is 19.1. The van der Waals surface area contributed by atoms with Crippen molar-refractivity contribution in [3.05, 3.63) is 70.1 Å². The number of rotatable bonds is 16. The molecular formula is C48H82N4O4. The Bertz CT molecular complexity index is 1400. The highest BCUT2D eigenvalue weighted by molar-refractivity contribution is 5.77. The summed E-state index contributed by atoms with van der Waals surface area (Å²) in [7, 11) is 0. The summed E-state index contributed by atoms with van der Waals surface area (Å²) in [5, 5.41) is 12.2. The van der Waals surface area contributed by atoms with Crippen LogP contribution in [-0.2, 0) is 20.7 Å². The van der Waals surface area contributed by atoms with Gasteiger partial charge in [-0.3, -0.25) is 9.59 Å². The molecule has 0 bridgehead atoms. The van der Waals surface area contributed by atoms with Crippen molar-refractivity contribution in [2.75, 3.05) is 57.7 Å². The third-order valence-corrected chi connectivity index (χ3v) is 10.9. The monoisotopic (exact) mass is 779 g/mol. The van der Waals surface area contributed by atoms with E-state index < -0.39 is 0 Å². The normalized spacial score (nSPS) is 15.4. The minimum atomic E-state index is 0.126. The number of phenolic OH excluding ortho intramolecular Hbond substituents is 1. The molecule has 0 atom stereocenters. The standard InChI is InChI=1S/C24H45N3O2.C10H13NO.C10H14O.C4H10/c1-6-9-23(27-16-10-21(3)11-17-27)29-19-22(28)26(13-7-2)15-8-14-25-18-12-24(4,5)20-25;1-2-5-9-6-3-4-7-10(9)11-8-12;1-6-5-7(2)10(11)9(4)8(6)3;1-3-4-2/h9,21H,6-8,10-20H2,1-5H3;3-4,6-8H,2,5H2,1H3,(H,11,12);5,11H,1-4H3;3-4H2,1-2H3/b23-9+;;;. The number of hydrogen-bond donors (Lipinski definition) is 2. The van der Waals surface area contributed by atoms with Crippen LogP contribution in [0, 0.1) is 39.0 Å². The number of aryl methyl sites for hydroxylation is 3. The average Bonchev–Trinajstić information content (AvgIpc) is 3.54. The Balaban J connectivity index is 0.000000472. The smallest absolute Gasteiger partial charge is 0.260 e. The molecule has 0 radical (unpaired) electrons. The topological polar surface area (TPSA) is 85.4 Å². The van der Waals surface area contributed by atoms with Crippen molar-refractivity contribution in [1.29, 1.82) is 0 Å². The lowest BCUT2D eigenvalue weighted by Gasteiger charge is -2.33. The molecule has 4 rings (SSSR count). The first kappa shape index (κ1) is 50.5. The number of piperidine rings is 1. The molecule has 2 saturated heterocycles. The number of allylic oxidation sites excluding steroid dienone is 1. The van der Waals surface area contributed by atoms with Gasteiger partial charge in [-0.1, -0.05) is 98.9 Å². The highest BCUT2D eigenvalue weighted by atomic mass is 16.5. The highest BCUT2D eigenvalue weighted by Gasteiger charge is 2.29. The largest absolute Gasteiger partial charge is 0.507 e. The van der Waals surface area contributed by atoms with Crippen molar-refractivity contribution in [2.24, 2.45) is 11.3 Å². The van der Waals surface area contributed by atoms with E-state index in [2.05, 4.69) is 83.5 Å². The first-order chi connectivity index (χ1) is 26.7. The van der Waals surface area contributed by atoms with Crippen LogP contribution in [0.2, 0.25) is 0 Å². The van der Waals surface area contributed by atoms with E-state index in [0.717, 1.165) is 93.4 Å². The molecular weight excluding hydrogens is 697 g/mol. The van der Waals surface area contributed by atoms with Gasteiger partial charge in [0, 0.05) is 38.4 Å². The molecule has 56 heavy (non-hydrogen) atoms. The number of amides is 2. The molecule has 2 aliphatic rings. The number of likely N-dealkylation sites (tertiary alicyclic amines) is 2. The maximum absolute atomic E-state index is 12.8. The van der Waals surface area contributed by atoms with Crippen LogP contribution in [0.4, 0.5) is 5.69 Å². The van der Waals surface area contributed by atoms with E-state index in [0.29, 0.717) is 17.6 Å². The summed E-state index contributed by atoms with van der Waals surface area (Å²) in [5.41, 5.74) is 6.97. The fourth-order valence-corrected chi connectivity index (χ4v) is 6.92. The number of carbonyl (C=O) groups is 2. The number of nitrogens with one attached hydrogen (secondary N) is 1. The minimum Gasteiger partial charge on any atom is -0.507 e. The molecule has 8 heteroatoms. The second kappa shape index (κ2) is 28.0. The Morgan fingerprint density at radius 1 is 0.929 bits per heavy atom. The molecule has 8 nitrogen and oxygen atoms in total. The van der Waals surface area contributed by atoms with Gasteiger partial charge in [0.15, 0.2) is 12.5 Å². The van der Waals surface area contributed by atoms with Gasteiger partial charge in [0.25, 0.3) is 5.91 Å². The minimum absolute atomic E-state index is 0.126. The quantitative estimate of drug-likeness (QED) is 0.130. The van der Waals surface area contributed by atoms with Gasteiger partial charge < -0.3 is 29.9 Å². The molecule has 0 spiro atoms. The zero-order valence-corrected chi connectivity index (χ0v) is 37.9. The second-order valence-electron chi connectivity index (χ2n) is 16.6. The molecule has 0 saturated carbocycles. The van der Waals surface area contributed by atoms with Crippen LogP contribution >= 0.6 is 0 Å².